The molecular weight excluding hydrogens is 216 g/mol. The summed E-state index contributed by atoms with van der Waals surface area (Å²) in [6.07, 6.45) is 5.12. The van der Waals surface area contributed by atoms with E-state index >= 15 is 0 Å². The third-order valence-corrected chi connectivity index (χ3v) is 3.95. The number of hydrogen-bond acceptors (Lipinski definition) is 3. The Bertz CT molecular complexity index is 252. The van der Waals surface area contributed by atoms with E-state index < -0.39 is 0 Å². The Morgan fingerprint density at radius 1 is 1.35 bits per heavy atom. The van der Waals surface area contributed by atoms with Crippen LogP contribution in [-0.2, 0) is 9.53 Å². The lowest BCUT2D eigenvalue weighted by Crippen LogP contribution is -2.43. The summed E-state index contributed by atoms with van der Waals surface area (Å²) in [5.41, 5.74) is 0. The van der Waals surface area contributed by atoms with Crippen molar-refractivity contribution in [1.29, 1.82) is 0 Å². The molecule has 17 heavy (non-hydrogen) atoms. The Morgan fingerprint density at radius 3 is 2.88 bits per heavy atom. The van der Waals surface area contributed by atoms with Gasteiger partial charge in [0.2, 0.25) is 5.91 Å². The van der Waals surface area contributed by atoms with Crippen LogP contribution >= 0.6 is 0 Å². The Kier molecular flexibility index (Phi) is 4.80. The quantitative estimate of drug-likeness (QED) is 0.775. The van der Waals surface area contributed by atoms with Gasteiger partial charge in [-0.05, 0) is 38.5 Å². The zero-order valence-electron chi connectivity index (χ0n) is 10.7. The maximum atomic E-state index is 11.5. The lowest BCUT2D eigenvalue weighted by atomic mass is 9.92. The van der Waals surface area contributed by atoms with Gasteiger partial charge in [-0.1, -0.05) is 0 Å². The first-order chi connectivity index (χ1) is 8.25. The molecule has 2 atom stereocenters. The lowest BCUT2D eigenvalue weighted by Gasteiger charge is -2.31. The van der Waals surface area contributed by atoms with Gasteiger partial charge in [-0.15, -0.1) is 0 Å². The van der Waals surface area contributed by atoms with Crippen molar-refractivity contribution in [2.75, 3.05) is 19.8 Å². The molecule has 0 spiro atoms. The number of carbonyl (C=O) groups is 1. The van der Waals surface area contributed by atoms with Crippen LogP contribution in [0, 0.1) is 5.92 Å². The summed E-state index contributed by atoms with van der Waals surface area (Å²) >= 11 is 0. The highest BCUT2D eigenvalue weighted by Crippen LogP contribution is 2.20. The lowest BCUT2D eigenvalue weighted by molar-refractivity contribution is -0.121. The third kappa shape index (κ3) is 3.96. The molecule has 0 aliphatic carbocycles. The van der Waals surface area contributed by atoms with Crippen molar-refractivity contribution in [3.63, 3.8) is 0 Å². The summed E-state index contributed by atoms with van der Waals surface area (Å²) in [6, 6.07) is 0.852. The molecule has 2 saturated heterocycles. The van der Waals surface area contributed by atoms with Crippen LogP contribution in [-0.4, -0.2) is 37.7 Å². The van der Waals surface area contributed by atoms with Gasteiger partial charge in [0.1, 0.15) is 0 Å². The molecule has 2 unspecified atom stereocenters. The van der Waals surface area contributed by atoms with Crippen LogP contribution in [0.15, 0.2) is 0 Å². The van der Waals surface area contributed by atoms with E-state index in [1.54, 1.807) is 0 Å². The minimum absolute atomic E-state index is 0.194. The van der Waals surface area contributed by atoms with E-state index in [0.29, 0.717) is 24.4 Å². The Labute approximate surface area is 103 Å². The Balaban J connectivity index is 1.79. The molecule has 1 amide bonds. The van der Waals surface area contributed by atoms with Gasteiger partial charge in [-0.3, -0.25) is 4.79 Å². The number of rotatable bonds is 3. The van der Waals surface area contributed by atoms with E-state index in [9.17, 15) is 4.79 Å². The molecular formula is C13H24N2O2. The average Bonchev–Trinajstić information content (AvgIpc) is 2.55. The zero-order valence-corrected chi connectivity index (χ0v) is 10.7. The molecule has 4 nitrogen and oxygen atoms in total. The van der Waals surface area contributed by atoms with Gasteiger partial charge in [0.05, 0.1) is 0 Å². The maximum Gasteiger partial charge on any atom is 0.221 e. The van der Waals surface area contributed by atoms with Gasteiger partial charge in [-0.2, -0.15) is 0 Å². The highest BCUT2D eigenvalue weighted by molar-refractivity contribution is 5.76. The van der Waals surface area contributed by atoms with Crippen LogP contribution in [0.1, 0.15) is 39.0 Å². The monoisotopic (exact) mass is 240 g/mol. The number of ether oxygens (including phenoxy) is 1. The molecule has 2 N–H and O–H groups in total. The molecule has 0 aromatic carbocycles. The smallest absolute Gasteiger partial charge is 0.221 e. The average molecular weight is 240 g/mol. The molecule has 2 aliphatic heterocycles. The van der Waals surface area contributed by atoms with Gasteiger partial charge < -0.3 is 15.4 Å². The van der Waals surface area contributed by atoms with Crippen LogP contribution in [0.5, 0.6) is 0 Å². The fourth-order valence-corrected chi connectivity index (χ4v) is 2.84. The van der Waals surface area contributed by atoms with Crippen molar-refractivity contribution in [2.45, 2.75) is 51.1 Å². The topological polar surface area (TPSA) is 50.4 Å². The molecule has 4 heteroatoms. The predicted molar refractivity (Wildman–Crippen MR) is 66.8 cm³/mol. The fourth-order valence-electron chi connectivity index (χ4n) is 2.84. The van der Waals surface area contributed by atoms with E-state index in [1.165, 1.54) is 0 Å². The largest absolute Gasteiger partial charge is 0.381 e. The summed E-state index contributed by atoms with van der Waals surface area (Å²) in [6.45, 7) is 4.87. The van der Waals surface area contributed by atoms with Gasteiger partial charge in [0, 0.05) is 38.3 Å². The first-order valence-corrected chi connectivity index (χ1v) is 6.86. The SMILES string of the molecule is CC(NC1CCCNC(=O)C1)C1CCOCC1. The molecule has 0 radical (unpaired) electrons. The normalized spacial score (nSPS) is 29.5. The highest BCUT2D eigenvalue weighted by Gasteiger charge is 2.24. The van der Waals surface area contributed by atoms with Crippen molar-refractivity contribution in [3.05, 3.63) is 0 Å². The molecule has 2 aliphatic rings. The maximum absolute atomic E-state index is 11.5. The third-order valence-electron chi connectivity index (χ3n) is 3.95. The van der Waals surface area contributed by atoms with E-state index in [2.05, 4.69) is 17.6 Å². The highest BCUT2D eigenvalue weighted by atomic mass is 16.5. The van der Waals surface area contributed by atoms with Crippen LogP contribution in [0.3, 0.4) is 0 Å². The summed E-state index contributed by atoms with van der Waals surface area (Å²) < 4.78 is 5.39. The summed E-state index contributed by atoms with van der Waals surface area (Å²) in [7, 11) is 0. The van der Waals surface area contributed by atoms with Gasteiger partial charge in [-0.25, -0.2) is 0 Å². The van der Waals surface area contributed by atoms with E-state index in [1.807, 2.05) is 0 Å². The fraction of sp³-hybridized carbons (Fsp3) is 0.923. The molecule has 2 heterocycles. The minimum Gasteiger partial charge on any atom is -0.381 e. The first-order valence-electron chi connectivity index (χ1n) is 6.86. The Morgan fingerprint density at radius 2 is 2.12 bits per heavy atom. The second kappa shape index (κ2) is 6.36. The van der Waals surface area contributed by atoms with E-state index in [0.717, 1.165) is 45.4 Å². The number of hydrogen-bond donors (Lipinski definition) is 2. The number of nitrogens with one attached hydrogen (secondary N) is 2. The minimum atomic E-state index is 0.194. The second-order valence-corrected chi connectivity index (χ2v) is 5.30. The van der Waals surface area contributed by atoms with Gasteiger partial charge >= 0.3 is 0 Å². The van der Waals surface area contributed by atoms with Crippen LogP contribution < -0.4 is 10.6 Å². The molecule has 98 valence electrons. The second-order valence-electron chi connectivity index (χ2n) is 5.30. The van der Waals surface area contributed by atoms with Gasteiger partial charge in [0.25, 0.3) is 0 Å². The van der Waals surface area contributed by atoms with Crippen molar-refractivity contribution >= 4 is 5.91 Å². The van der Waals surface area contributed by atoms with E-state index in [-0.39, 0.29) is 5.91 Å². The number of amides is 1. The van der Waals surface area contributed by atoms with Gasteiger partial charge in [0.15, 0.2) is 0 Å². The Hall–Kier alpha value is -0.610. The zero-order chi connectivity index (χ0) is 12.1. The first kappa shape index (κ1) is 12.8. The summed E-state index contributed by atoms with van der Waals surface area (Å²) in [5.74, 6) is 0.897. The van der Waals surface area contributed by atoms with Crippen LogP contribution in [0.4, 0.5) is 0 Å². The van der Waals surface area contributed by atoms with Crippen molar-refractivity contribution in [3.8, 4) is 0 Å². The number of carbonyl (C=O) groups excluding carboxylic acids is 1. The van der Waals surface area contributed by atoms with Crippen LogP contribution in [0.25, 0.3) is 0 Å². The summed E-state index contributed by atoms with van der Waals surface area (Å²) in [4.78, 5) is 11.5. The van der Waals surface area contributed by atoms with Crippen LogP contribution in [0.2, 0.25) is 0 Å². The van der Waals surface area contributed by atoms with Crippen molar-refractivity contribution in [2.24, 2.45) is 5.92 Å². The molecule has 2 rings (SSSR count). The molecule has 2 fully saturated rings. The standard InChI is InChI=1S/C13H24N2O2/c1-10(11-4-7-17-8-5-11)15-12-3-2-6-14-13(16)9-12/h10-12,15H,2-9H2,1H3,(H,14,16). The predicted octanol–water partition coefficient (Wildman–Crippen LogP) is 1.06. The molecule has 0 aromatic heterocycles. The van der Waals surface area contributed by atoms with E-state index in [4.69, 9.17) is 4.74 Å². The molecule has 0 aromatic rings. The van der Waals surface area contributed by atoms with Crippen molar-refractivity contribution in [1.82, 2.24) is 10.6 Å². The van der Waals surface area contributed by atoms with Crippen molar-refractivity contribution < 1.29 is 9.53 Å². The molecule has 0 saturated carbocycles. The molecule has 0 bridgehead atoms. The summed E-state index contributed by atoms with van der Waals surface area (Å²) in [5, 5.41) is 6.57.